The number of rotatable bonds is 4. The second kappa shape index (κ2) is 4.57. The van der Waals surface area contributed by atoms with Gasteiger partial charge in [0.2, 0.25) is 0 Å². The van der Waals surface area contributed by atoms with E-state index in [1.165, 1.54) is 6.42 Å². The maximum atomic E-state index is 5.70. The predicted molar refractivity (Wildman–Crippen MR) is 49.8 cm³/mol. The summed E-state index contributed by atoms with van der Waals surface area (Å²) in [5, 5.41) is 0. The summed E-state index contributed by atoms with van der Waals surface area (Å²) in [5.74, 6) is 0.0495. The molecule has 82 valence electrons. The molecule has 0 unspecified atom stereocenters. The van der Waals surface area contributed by atoms with Crippen LogP contribution in [0.3, 0.4) is 0 Å². The van der Waals surface area contributed by atoms with Crippen molar-refractivity contribution in [2.75, 3.05) is 33.7 Å². The van der Waals surface area contributed by atoms with E-state index in [-0.39, 0.29) is 5.79 Å². The highest BCUT2D eigenvalue weighted by molar-refractivity contribution is 4.88. The van der Waals surface area contributed by atoms with E-state index >= 15 is 0 Å². The van der Waals surface area contributed by atoms with Crippen LogP contribution in [0.5, 0.6) is 0 Å². The first-order chi connectivity index (χ1) is 6.87. The highest BCUT2D eigenvalue weighted by Crippen LogP contribution is 2.42. The molecule has 0 bridgehead atoms. The van der Waals surface area contributed by atoms with Crippen LogP contribution < -0.4 is 0 Å². The Labute approximate surface area is 84.5 Å². The Morgan fingerprint density at radius 3 is 2.86 bits per heavy atom. The summed E-state index contributed by atoms with van der Waals surface area (Å²) >= 11 is 0. The van der Waals surface area contributed by atoms with E-state index in [0.717, 1.165) is 26.1 Å². The summed E-state index contributed by atoms with van der Waals surface area (Å²) in [6.45, 7) is 2.47. The molecule has 0 aromatic carbocycles. The van der Waals surface area contributed by atoms with Gasteiger partial charge in [-0.1, -0.05) is 0 Å². The second-order valence-corrected chi connectivity index (χ2v) is 3.88. The van der Waals surface area contributed by atoms with Gasteiger partial charge in [-0.15, -0.1) is 0 Å². The summed E-state index contributed by atoms with van der Waals surface area (Å²) in [5.41, 5.74) is 0. The summed E-state index contributed by atoms with van der Waals surface area (Å²) in [4.78, 5) is 0. The van der Waals surface area contributed by atoms with Crippen LogP contribution >= 0.6 is 0 Å². The molecule has 1 spiro atoms. The molecule has 2 aliphatic rings. The Hall–Kier alpha value is -0.160. The fraction of sp³-hybridized carbons (Fsp3) is 1.00. The fourth-order valence-electron chi connectivity index (χ4n) is 2.35. The third-order valence-corrected chi connectivity index (χ3v) is 3.00. The molecule has 1 atom stereocenters. The van der Waals surface area contributed by atoms with Crippen LogP contribution in [0.1, 0.15) is 19.3 Å². The van der Waals surface area contributed by atoms with Crippen LogP contribution in [0.4, 0.5) is 0 Å². The van der Waals surface area contributed by atoms with Crippen LogP contribution in [0, 0.1) is 5.92 Å². The molecule has 2 rings (SSSR count). The molecule has 0 amide bonds. The predicted octanol–water partition coefficient (Wildman–Crippen LogP) is 1.15. The van der Waals surface area contributed by atoms with Gasteiger partial charge >= 0.3 is 0 Å². The molecule has 4 nitrogen and oxygen atoms in total. The van der Waals surface area contributed by atoms with Crippen LogP contribution in [-0.4, -0.2) is 39.5 Å². The zero-order chi connectivity index (χ0) is 9.86. The first kappa shape index (κ1) is 10.4. The summed E-state index contributed by atoms with van der Waals surface area (Å²) in [6, 6.07) is 0. The average molecular weight is 202 g/mol. The molecular formula is C10H18O4. The lowest BCUT2D eigenvalue weighted by Gasteiger charge is -2.28. The zero-order valence-corrected chi connectivity index (χ0v) is 8.66. The molecule has 0 aromatic rings. The molecule has 1 saturated heterocycles. The Balaban J connectivity index is 1.84. The van der Waals surface area contributed by atoms with Gasteiger partial charge in [-0.25, -0.2) is 0 Å². The Bertz CT molecular complexity index is 171. The van der Waals surface area contributed by atoms with Crippen LogP contribution in [0.2, 0.25) is 0 Å². The fourth-order valence-corrected chi connectivity index (χ4v) is 2.35. The van der Waals surface area contributed by atoms with Crippen molar-refractivity contribution in [1.29, 1.82) is 0 Å². The summed E-state index contributed by atoms with van der Waals surface area (Å²) in [7, 11) is 1.63. The molecule has 1 saturated carbocycles. The van der Waals surface area contributed by atoms with Gasteiger partial charge in [0.05, 0.1) is 19.8 Å². The van der Waals surface area contributed by atoms with E-state index in [1.54, 1.807) is 7.11 Å². The van der Waals surface area contributed by atoms with Gasteiger partial charge in [-0.3, -0.25) is 0 Å². The molecule has 0 aromatic heterocycles. The van der Waals surface area contributed by atoms with E-state index in [4.69, 9.17) is 18.9 Å². The van der Waals surface area contributed by atoms with Crippen LogP contribution in [0.15, 0.2) is 0 Å². The molecule has 2 fully saturated rings. The Kier molecular flexibility index (Phi) is 3.38. The van der Waals surface area contributed by atoms with Crippen molar-refractivity contribution in [3.8, 4) is 0 Å². The smallest absolute Gasteiger partial charge is 0.173 e. The van der Waals surface area contributed by atoms with Crippen LogP contribution in [-0.2, 0) is 18.9 Å². The lowest BCUT2D eigenvalue weighted by atomic mass is 10.0. The lowest BCUT2D eigenvalue weighted by molar-refractivity contribution is -0.197. The monoisotopic (exact) mass is 202 g/mol. The summed E-state index contributed by atoms with van der Waals surface area (Å²) < 4.78 is 21.6. The molecule has 1 aliphatic heterocycles. The van der Waals surface area contributed by atoms with Crippen molar-refractivity contribution in [3.63, 3.8) is 0 Å². The third kappa shape index (κ3) is 1.93. The quantitative estimate of drug-likeness (QED) is 0.506. The zero-order valence-electron chi connectivity index (χ0n) is 8.66. The molecule has 0 radical (unpaired) electrons. The molecular weight excluding hydrogens is 184 g/mol. The highest BCUT2D eigenvalue weighted by Gasteiger charge is 2.47. The first-order valence-electron chi connectivity index (χ1n) is 5.22. The van der Waals surface area contributed by atoms with Gasteiger partial charge in [0.1, 0.15) is 6.79 Å². The standard InChI is InChI=1S/C10H18O4/c1-11-8-12-7-9-3-2-4-10(9)13-5-6-14-10/h9H,2-8H2,1H3/t9-/m1/s1. The van der Waals surface area contributed by atoms with Gasteiger partial charge < -0.3 is 18.9 Å². The van der Waals surface area contributed by atoms with E-state index in [2.05, 4.69) is 0 Å². The van der Waals surface area contributed by atoms with E-state index in [9.17, 15) is 0 Å². The number of hydrogen-bond donors (Lipinski definition) is 0. The van der Waals surface area contributed by atoms with Crippen molar-refractivity contribution in [1.82, 2.24) is 0 Å². The lowest BCUT2D eigenvalue weighted by Crippen LogP contribution is -2.37. The minimum atomic E-state index is -0.326. The summed E-state index contributed by atoms with van der Waals surface area (Å²) in [6.07, 6.45) is 3.30. The van der Waals surface area contributed by atoms with E-state index in [1.807, 2.05) is 0 Å². The largest absolute Gasteiger partial charge is 0.359 e. The van der Waals surface area contributed by atoms with E-state index < -0.39 is 0 Å². The van der Waals surface area contributed by atoms with Crippen molar-refractivity contribution >= 4 is 0 Å². The first-order valence-corrected chi connectivity index (χ1v) is 5.22. The average Bonchev–Trinajstić information content (AvgIpc) is 2.80. The van der Waals surface area contributed by atoms with Gasteiger partial charge in [-0.05, 0) is 12.8 Å². The molecule has 0 N–H and O–H groups in total. The van der Waals surface area contributed by atoms with E-state index in [0.29, 0.717) is 19.3 Å². The second-order valence-electron chi connectivity index (χ2n) is 3.88. The number of methoxy groups -OCH3 is 1. The van der Waals surface area contributed by atoms with Gasteiger partial charge in [0.25, 0.3) is 0 Å². The molecule has 14 heavy (non-hydrogen) atoms. The van der Waals surface area contributed by atoms with Gasteiger partial charge in [0, 0.05) is 19.4 Å². The minimum Gasteiger partial charge on any atom is -0.359 e. The molecule has 1 aliphatic carbocycles. The van der Waals surface area contributed by atoms with Crippen LogP contribution in [0.25, 0.3) is 0 Å². The third-order valence-electron chi connectivity index (χ3n) is 3.00. The van der Waals surface area contributed by atoms with Crippen molar-refractivity contribution in [3.05, 3.63) is 0 Å². The molecule has 4 heteroatoms. The Morgan fingerprint density at radius 1 is 1.36 bits per heavy atom. The van der Waals surface area contributed by atoms with Crippen molar-refractivity contribution in [2.45, 2.75) is 25.0 Å². The number of hydrogen-bond acceptors (Lipinski definition) is 4. The van der Waals surface area contributed by atoms with Crippen molar-refractivity contribution < 1.29 is 18.9 Å². The van der Waals surface area contributed by atoms with Crippen molar-refractivity contribution in [2.24, 2.45) is 5.92 Å². The minimum absolute atomic E-state index is 0.326. The SMILES string of the molecule is COCOC[C@H]1CCCC12OCCO2. The highest BCUT2D eigenvalue weighted by atomic mass is 16.7. The maximum Gasteiger partial charge on any atom is 0.173 e. The normalized spacial score (nSPS) is 30.2. The van der Waals surface area contributed by atoms with Gasteiger partial charge in [0.15, 0.2) is 5.79 Å². The topological polar surface area (TPSA) is 36.9 Å². The van der Waals surface area contributed by atoms with Gasteiger partial charge in [-0.2, -0.15) is 0 Å². The number of ether oxygens (including phenoxy) is 4. The maximum absolute atomic E-state index is 5.70. The molecule has 1 heterocycles. The Morgan fingerprint density at radius 2 is 2.14 bits per heavy atom.